The van der Waals surface area contributed by atoms with E-state index in [1.54, 1.807) is 24.9 Å². The molecule has 5 nitrogen and oxygen atoms in total. The topological polar surface area (TPSA) is 66.2 Å². The number of hydrogen-bond acceptors (Lipinski definition) is 4. The smallest absolute Gasteiger partial charge is 0.240 e. The van der Waals surface area contributed by atoms with Crippen molar-refractivity contribution in [1.29, 1.82) is 5.26 Å². The van der Waals surface area contributed by atoms with Crippen molar-refractivity contribution in [2.24, 2.45) is 5.41 Å². The zero-order valence-electron chi connectivity index (χ0n) is 12.0. The lowest BCUT2D eigenvalue weighted by atomic mass is 9.91. The Labute approximate surface area is 123 Å². The van der Waals surface area contributed by atoms with Crippen LogP contribution in [0, 0.1) is 29.1 Å². The molecule has 0 N–H and O–H groups in total. The van der Waals surface area contributed by atoms with Crippen molar-refractivity contribution in [2.75, 3.05) is 6.54 Å². The number of ether oxygens (including phenoxy) is 1. The Morgan fingerprint density at radius 2 is 2.33 bits per heavy atom. The van der Waals surface area contributed by atoms with Crippen LogP contribution in [0.3, 0.4) is 0 Å². The van der Waals surface area contributed by atoms with Gasteiger partial charge in [0.1, 0.15) is 28.9 Å². The van der Waals surface area contributed by atoms with Gasteiger partial charge < -0.3 is 9.64 Å². The number of fused-ring (bicyclic) bond motifs is 4. The second-order valence-electron chi connectivity index (χ2n) is 5.94. The lowest BCUT2D eigenvalue weighted by Gasteiger charge is -2.30. The van der Waals surface area contributed by atoms with Gasteiger partial charge in [0.25, 0.3) is 0 Å². The maximum Gasteiger partial charge on any atom is 0.240 e. The fourth-order valence-electron chi connectivity index (χ4n) is 2.90. The van der Waals surface area contributed by atoms with Crippen LogP contribution in [-0.4, -0.2) is 28.4 Å². The van der Waals surface area contributed by atoms with E-state index in [2.05, 4.69) is 17.0 Å². The standard InChI is InChI=1S/C16H15N3O2/c1-4-16(2,3)15(20)19-9-11-5-13(19)12-8-18-7-10(6-17)14(12)21-11/h1,7-8,11,13H,5,9H2,2-3H3/t11-,13-/m0/s1. The van der Waals surface area contributed by atoms with Crippen LogP contribution in [0.2, 0.25) is 0 Å². The molecule has 106 valence electrons. The molecule has 0 radical (unpaired) electrons. The van der Waals surface area contributed by atoms with E-state index in [9.17, 15) is 4.79 Å². The largest absolute Gasteiger partial charge is 0.487 e. The normalized spacial score (nSPS) is 22.8. The van der Waals surface area contributed by atoms with Crippen LogP contribution in [-0.2, 0) is 4.79 Å². The van der Waals surface area contributed by atoms with Gasteiger partial charge in [0, 0.05) is 24.4 Å². The third kappa shape index (κ3) is 1.94. The molecule has 1 saturated heterocycles. The molecule has 5 heteroatoms. The number of nitrogens with zero attached hydrogens (tertiary/aromatic N) is 3. The van der Waals surface area contributed by atoms with E-state index in [1.165, 1.54) is 6.20 Å². The van der Waals surface area contributed by atoms with Gasteiger partial charge in [0.05, 0.1) is 12.6 Å². The van der Waals surface area contributed by atoms with Crippen LogP contribution in [0.15, 0.2) is 12.4 Å². The zero-order chi connectivity index (χ0) is 15.2. The fourth-order valence-corrected chi connectivity index (χ4v) is 2.90. The Morgan fingerprint density at radius 1 is 1.57 bits per heavy atom. The van der Waals surface area contributed by atoms with Crippen molar-refractivity contribution in [2.45, 2.75) is 32.4 Å². The molecular weight excluding hydrogens is 266 g/mol. The van der Waals surface area contributed by atoms with Crippen LogP contribution in [0.25, 0.3) is 0 Å². The summed E-state index contributed by atoms with van der Waals surface area (Å²) in [6, 6.07) is 1.97. The summed E-state index contributed by atoms with van der Waals surface area (Å²) in [6.07, 6.45) is 9.26. The van der Waals surface area contributed by atoms with Gasteiger partial charge in [-0.1, -0.05) is 5.92 Å². The number of rotatable bonds is 1. The van der Waals surface area contributed by atoms with Crippen LogP contribution < -0.4 is 4.74 Å². The van der Waals surface area contributed by atoms with E-state index < -0.39 is 5.41 Å². The highest BCUT2D eigenvalue weighted by Crippen LogP contribution is 2.45. The van der Waals surface area contributed by atoms with Crippen molar-refractivity contribution in [1.82, 2.24) is 9.88 Å². The molecule has 1 aromatic rings. The van der Waals surface area contributed by atoms with Crippen molar-refractivity contribution in [3.05, 3.63) is 23.5 Å². The predicted molar refractivity (Wildman–Crippen MR) is 75.1 cm³/mol. The molecule has 2 bridgehead atoms. The molecule has 0 spiro atoms. The van der Waals surface area contributed by atoms with Crippen LogP contribution in [0.5, 0.6) is 5.75 Å². The molecule has 0 aromatic carbocycles. The van der Waals surface area contributed by atoms with Crippen LogP contribution in [0.4, 0.5) is 0 Å². The first-order chi connectivity index (χ1) is 9.97. The van der Waals surface area contributed by atoms with Crippen molar-refractivity contribution in [3.63, 3.8) is 0 Å². The minimum Gasteiger partial charge on any atom is -0.487 e. The monoisotopic (exact) mass is 281 g/mol. The van der Waals surface area contributed by atoms with E-state index in [0.717, 1.165) is 12.0 Å². The second kappa shape index (κ2) is 4.49. The molecule has 3 heterocycles. The van der Waals surface area contributed by atoms with Gasteiger partial charge in [-0.15, -0.1) is 6.42 Å². The summed E-state index contributed by atoms with van der Waals surface area (Å²) in [6.45, 7) is 3.97. The van der Waals surface area contributed by atoms with Gasteiger partial charge in [-0.3, -0.25) is 9.78 Å². The Hall–Kier alpha value is -2.53. The highest BCUT2D eigenvalue weighted by atomic mass is 16.5. The van der Waals surface area contributed by atoms with Gasteiger partial charge in [0.15, 0.2) is 0 Å². The van der Waals surface area contributed by atoms with E-state index >= 15 is 0 Å². The molecule has 1 fully saturated rings. The first-order valence-electron chi connectivity index (χ1n) is 6.81. The summed E-state index contributed by atoms with van der Waals surface area (Å²) in [5, 5.41) is 9.15. The SMILES string of the molecule is C#CC(C)(C)C(=O)N1C[C@@H]2C[C@H]1c1cncc(C#N)c1O2. The molecule has 1 aromatic heterocycles. The quantitative estimate of drug-likeness (QED) is 0.734. The summed E-state index contributed by atoms with van der Waals surface area (Å²) < 4.78 is 5.86. The third-order valence-electron chi connectivity index (χ3n) is 4.11. The lowest BCUT2D eigenvalue weighted by molar-refractivity contribution is -0.138. The molecule has 2 aliphatic rings. The Kier molecular flexibility index (Phi) is 2.88. The van der Waals surface area contributed by atoms with Gasteiger partial charge >= 0.3 is 0 Å². The van der Waals surface area contributed by atoms with E-state index in [4.69, 9.17) is 16.4 Å². The number of carbonyl (C=O) groups is 1. The molecular formula is C16H15N3O2. The number of hydrogen-bond donors (Lipinski definition) is 0. The maximum absolute atomic E-state index is 12.6. The first-order valence-corrected chi connectivity index (χ1v) is 6.81. The molecule has 3 rings (SSSR count). The van der Waals surface area contributed by atoms with Crippen molar-refractivity contribution < 1.29 is 9.53 Å². The summed E-state index contributed by atoms with van der Waals surface area (Å²) in [5.41, 5.74) is 0.356. The maximum atomic E-state index is 12.6. The Bertz CT molecular complexity index is 696. The minimum atomic E-state index is -0.849. The number of terminal acetylenes is 1. The van der Waals surface area contributed by atoms with E-state index in [1.807, 2.05) is 0 Å². The number of carbonyl (C=O) groups excluding carboxylic acids is 1. The van der Waals surface area contributed by atoms with E-state index in [-0.39, 0.29) is 18.1 Å². The molecule has 2 atom stereocenters. The Morgan fingerprint density at radius 3 is 3.00 bits per heavy atom. The first kappa shape index (κ1) is 13.5. The number of amides is 1. The summed E-state index contributed by atoms with van der Waals surface area (Å²) in [5.74, 6) is 3.02. The molecule has 0 aliphatic carbocycles. The summed E-state index contributed by atoms with van der Waals surface area (Å²) >= 11 is 0. The van der Waals surface area contributed by atoms with Crippen molar-refractivity contribution in [3.8, 4) is 24.2 Å². The summed E-state index contributed by atoms with van der Waals surface area (Å²) in [7, 11) is 0. The number of nitriles is 1. The van der Waals surface area contributed by atoms with E-state index in [0.29, 0.717) is 17.9 Å². The summed E-state index contributed by atoms with van der Waals surface area (Å²) in [4.78, 5) is 18.5. The highest BCUT2D eigenvalue weighted by Gasteiger charge is 2.46. The molecule has 1 amide bonds. The minimum absolute atomic E-state index is 0.0867. The second-order valence-corrected chi connectivity index (χ2v) is 5.94. The van der Waals surface area contributed by atoms with Crippen LogP contribution >= 0.6 is 0 Å². The predicted octanol–water partition coefficient (Wildman–Crippen LogP) is 1.65. The molecule has 21 heavy (non-hydrogen) atoms. The number of pyridine rings is 1. The number of likely N-dealkylation sites (tertiary alicyclic amines) is 1. The fraction of sp³-hybridized carbons (Fsp3) is 0.438. The third-order valence-corrected chi connectivity index (χ3v) is 4.11. The zero-order valence-corrected chi connectivity index (χ0v) is 12.0. The number of aromatic nitrogens is 1. The Balaban J connectivity index is 2.02. The van der Waals surface area contributed by atoms with Gasteiger partial charge in [-0.05, 0) is 13.8 Å². The highest BCUT2D eigenvalue weighted by molar-refractivity contribution is 5.86. The molecule has 0 unspecified atom stereocenters. The van der Waals surface area contributed by atoms with Gasteiger partial charge in [-0.25, -0.2) is 0 Å². The van der Waals surface area contributed by atoms with Gasteiger partial charge in [-0.2, -0.15) is 5.26 Å². The average molecular weight is 281 g/mol. The van der Waals surface area contributed by atoms with Gasteiger partial charge in [0.2, 0.25) is 5.91 Å². The van der Waals surface area contributed by atoms with Crippen LogP contribution in [0.1, 0.15) is 37.4 Å². The molecule has 0 saturated carbocycles. The lowest BCUT2D eigenvalue weighted by Crippen LogP contribution is -2.40. The average Bonchev–Trinajstić information content (AvgIpc) is 2.84. The molecule has 2 aliphatic heterocycles. The van der Waals surface area contributed by atoms with Crippen molar-refractivity contribution >= 4 is 5.91 Å².